The molecule has 1 rings (SSSR count). The normalized spacial score (nSPS) is 21.9. The zero-order valence-corrected chi connectivity index (χ0v) is 10.1. The van der Waals surface area contributed by atoms with Crippen molar-refractivity contribution >= 4 is 8.07 Å². The van der Waals surface area contributed by atoms with E-state index in [0.717, 1.165) is 19.4 Å². The minimum Gasteiger partial charge on any atom is -0.382 e. The third-order valence-corrected chi connectivity index (χ3v) is 8.68. The van der Waals surface area contributed by atoms with Crippen molar-refractivity contribution in [1.29, 1.82) is 0 Å². The third kappa shape index (κ3) is 3.41. The fourth-order valence-electron chi connectivity index (χ4n) is 1.63. The molecule has 1 fully saturated rings. The molecule has 0 aromatic carbocycles. The van der Waals surface area contributed by atoms with Gasteiger partial charge in [0.05, 0.1) is 21.3 Å². The Bertz CT molecular complexity index is 134. The second-order valence-electron chi connectivity index (χ2n) is 4.03. The summed E-state index contributed by atoms with van der Waals surface area (Å²) in [4.78, 5) is 0. The monoisotopic (exact) mass is 202 g/mol. The minimum atomic E-state index is -1.03. The lowest BCUT2D eigenvalue weighted by atomic mass is 10.5. The first-order valence-electron chi connectivity index (χ1n) is 5.45. The van der Waals surface area contributed by atoms with Crippen LogP contribution in [-0.2, 0) is 9.47 Å². The van der Waals surface area contributed by atoms with Crippen LogP contribution in [0.1, 0.15) is 20.8 Å². The van der Waals surface area contributed by atoms with Crippen LogP contribution in [0.25, 0.3) is 0 Å². The molecule has 0 bridgehead atoms. The summed E-state index contributed by atoms with van der Waals surface area (Å²) >= 11 is 0. The van der Waals surface area contributed by atoms with Gasteiger partial charge in [-0.15, -0.1) is 0 Å². The fourth-order valence-corrected chi connectivity index (χ4v) is 4.29. The quantitative estimate of drug-likeness (QED) is 0.467. The van der Waals surface area contributed by atoms with Crippen LogP contribution in [0.3, 0.4) is 0 Å². The highest BCUT2D eigenvalue weighted by molar-refractivity contribution is 6.79. The Morgan fingerprint density at radius 1 is 1.23 bits per heavy atom. The van der Waals surface area contributed by atoms with Crippen LogP contribution in [0.15, 0.2) is 0 Å². The molecule has 0 N–H and O–H groups in total. The summed E-state index contributed by atoms with van der Waals surface area (Å²) < 4.78 is 10.8. The van der Waals surface area contributed by atoms with Crippen molar-refractivity contribution in [1.82, 2.24) is 0 Å². The van der Waals surface area contributed by atoms with Crippen molar-refractivity contribution in [2.24, 2.45) is 0 Å². The van der Waals surface area contributed by atoms with Crippen LogP contribution in [0.4, 0.5) is 0 Å². The predicted molar refractivity (Wildman–Crippen MR) is 57.8 cm³/mol. The van der Waals surface area contributed by atoms with Gasteiger partial charge in [0.1, 0.15) is 6.10 Å². The summed E-state index contributed by atoms with van der Waals surface area (Å²) in [7, 11) is -1.03. The van der Waals surface area contributed by atoms with E-state index in [2.05, 4.69) is 20.8 Å². The van der Waals surface area contributed by atoms with E-state index in [9.17, 15) is 0 Å². The van der Waals surface area contributed by atoms with E-state index in [1.54, 1.807) is 0 Å². The molecule has 1 aliphatic heterocycles. The van der Waals surface area contributed by atoms with Crippen molar-refractivity contribution in [3.05, 3.63) is 0 Å². The molecule has 2 nitrogen and oxygen atoms in total. The molecule has 1 unspecified atom stereocenters. The van der Waals surface area contributed by atoms with E-state index in [4.69, 9.17) is 9.47 Å². The van der Waals surface area contributed by atoms with E-state index in [-0.39, 0.29) is 0 Å². The SMILES string of the molecule is CC[Si](CC)(CC)COCC1CO1. The first kappa shape index (κ1) is 11.2. The first-order valence-corrected chi connectivity index (χ1v) is 8.28. The van der Waals surface area contributed by atoms with Gasteiger partial charge in [-0.25, -0.2) is 0 Å². The van der Waals surface area contributed by atoms with Crippen LogP contribution in [0.5, 0.6) is 0 Å². The number of hydrogen-bond donors (Lipinski definition) is 0. The van der Waals surface area contributed by atoms with Gasteiger partial charge in [-0.3, -0.25) is 0 Å². The van der Waals surface area contributed by atoms with Gasteiger partial charge in [0.15, 0.2) is 0 Å². The van der Waals surface area contributed by atoms with Gasteiger partial charge in [0.2, 0.25) is 0 Å². The molecule has 0 aliphatic carbocycles. The predicted octanol–water partition coefficient (Wildman–Crippen LogP) is 2.45. The Labute approximate surface area is 82.6 Å². The highest BCUT2D eigenvalue weighted by Gasteiger charge is 2.29. The summed E-state index contributed by atoms with van der Waals surface area (Å²) in [5.41, 5.74) is 0. The van der Waals surface area contributed by atoms with Gasteiger partial charge in [0, 0.05) is 6.23 Å². The van der Waals surface area contributed by atoms with Gasteiger partial charge in [0.25, 0.3) is 0 Å². The van der Waals surface area contributed by atoms with E-state index < -0.39 is 8.07 Å². The van der Waals surface area contributed by atoms with Crippen LogP contribution >= 0.6 is 0 Å². The lowest BCUT2D eigenvalue weighted by Gasteiger charge is -2.27. The van der Waals surface area contributed by atoms with Crippen molar-refractivity contribution < 1.29 is 9.47 Å². The molecular weight excluding hydrogens is 180 g/mol. The molecule has 3 heteroatoms. The second kappa shape index (κ2) is 5.13. The molecule has 1 aliphatic rings. The van der Waals surface area contributed by atoms with Gasteiger partial charge in [-0.05, 0) is 0 Å². The van der Waals surface area contributed by atoms with Crippen molar-refractivity contribution in [3.8, 4) is 0 Å². The summed E-state index contributed by atoms with van der Waals surface area (Å²) in [5, 5.41) is 0. The smallest absolute Gasteiger partial charge is 0.104 e. The van der Waals surface area contributed by atoms with Crippen molar-refractivity contribution in [3.63, 3.8) is 0 Å². The molecule has 1 heterocycles. The number of hydrogen-bond acceptors (Lipinski definition) is 2. The van der Waals surface area contributed by atoms with Gasteiger partial charge in [-0.2, -0.15) is 0 Å². The second-order valence-corrected chi connectivity index (χ2v) is 9.44. The zero-order chi connectivity index (χ0) is 9.73. The number of epoxide rings is 1. The van der Waals surface area contributed by atoms with Crippen LogP contribution < -0.4 is 0 Å². The molecule has 0 amide bonds. The average Bonchev–Trinajstić information content (AvgIpc) is 2.97. The molecule has 0 saturated carbocycles. The molecule has 1 atom stereocenters. The van der Waals surface area contributed by atoms with Crippen molar-refractivity contribution in [2.75, 3.05) is 19.4 Å². The summed E-state index contributed by atoms with van der Waals surface area (Å²) in [5.74, 6) is 0. The van der Waals surface area contributed by atoms with E-state index in [1.165, 1.54) is 18.1 Å². The van der Waals surface area contributed by atoms with Gasteiger partial charge < -0.3 is 9.47 Å². The van der Waals surface area contributed by atoms with Crippen molar-refractivity contribution in [2.45, 2.75) is 45.0 Å². The topological polar surface area (TPSA) is 21.8 Å². The summed E-state index contributed by atoms with van der Waals surface area (Å²) in [6.45, 7) is 8.69. The Balaban J connectivity index is 2.19. The molecule has 0 spiro atoms. The average molecular weight is 202 g/mol. The molecular formula is C10H22O2Si. The first-order chi connectivity index (χ1) is 6.26. The molecule has 0 aromatic heterocycles. The van der Waals surface area contributed by atoms with E-state index in [0.29, 0.717) is 6.10 Å². The maximum absolute atomic E-state index is 5.73. The summed E-state index contributed by atoms with van der Waals surface area (Å²) in [6.07, 6.45) is 1.47. The molecule has 13 heavy (non-hydrogen) atoms. The molecule has 1 saturated heterocycles. The Morgan fingerprint density at radius 2 is 1.77 bits per heavy atom. The van der Waals surface area contributed by atoms with Crippen LogP contribution in [0, 0.1) is 0 Å². The Hall–Kier alpha value is 0.137. The number of ether oxygens (including phenoxy) is 2. The van der Waals surface area contributed by atoms with Gasteiger partial charge >= 0.3 is 0 Å². The minimum absolute atomic E-state index is 0.428. The molecule has 0 aromatic rings. The largest absolute Gasteiger partial charge is 0.382 e. The maximum Gasteiger partial charge on any atom is 0.104 e. The van der Waals surface area contributed by atoms with E-state index in [1.807, 2.05) is 0 Å². The van der Waals surface area contributed by atoms with E-state index >= 15 is 0 Å². The lowest BCUT2D eigenvalue weighted by molar-refractivity contribution is 0.149. The molecule has 0 radical (unpaired) electrons. The Kier molecular flexibility index (Phi) is 4.42. The molecule has 78 valence electrons. The van der Waals surface area contributed by atoms with Crippen LogP contribution in [0.2, 0.25) is 18.1 Å². The third-order valence-electron chi connectivity index (χ3n) is 3.36. The van der Waals surface area contributed by atoms with Crippen LogP contribution in [-0.4, -0.2) is 33.6 Å². The highest BCUT2D eigenvalue weighted by Crippen LogP contribution is 2.21. The van der Waals surface area contributed by atoms with Gasteiger partial charge in [-0.1, -0.05) is 38.9 Å². The Morgan fingerprint density at radius 3 is 2.15 bits per heavy atom. The lowest BCUT2D eigenvalue weighted by Crippen LogP contribution is -2.38. The fraction of sp³-hybridized carbons (Fsp3) is 1.00. The maximum atomic E-state index is 5.73. The summed E-state index contributed by atoms with van der Waals surface area (Å²) in [6, 6.07) is 4.06. The zero-order valence-electron chi connectivity index (χ0n) is 9.14. The highest BCUT2D eigenvalue weighted by atomic mass is 28.3. The number of rotatable bonds is 7. The standard InChI is InChI=1S/C10H22O2Si/c1-4-13(5-2,6-3)9-11-7-10-8-12-10/h10H,4-9H2,1-3H3.